The molecule has 1 aromatic heterocycles. The number of halogens is 1. The van der Waals surface area contributed by atoms with Crippen LogP contribution in [0.5, 0.6) is 0 Å². The fourth-order valence-electron chi connectivity index (χ4n) is 1.51. The van der Waals surface area contributed by atoms with E-state index in [1.807, 2.05) is 6.07 Å². The van der Waals surface area contributed by atoms with Gasteiger partial charge in [0.1, 0.15) is 18.0 Å². The van der Waals surface area contributed by atoms with Gasteiger partial charge in [-0.15, -0.1) is 0 Å². The molecule has 5 nitrogen and oxygen atoms in total. The Balaban J connectivity index is 2.45. The molecule has 0 amide bonds. The molecule has 0 radical (unpaired) electrons. The highest BCUT2D eigenvalue weighted by molar-refractivity contribution is 9.10. The molecule has 0 bridgehead atoms. The Bertz CT molecular complexity index is 712. The van der Waals surface area contributed by atoms with Gasteiger partial charge in [-0.2, -0.15) is 10.5 Å². The van der Waals surface area contributed by atoms with Gasteiger partial charge in [-0.05, 0) is 24.3 Å². The van der Waals surface area contributed by atoms with Crippen LogP contribution in [-0.4, -0.2) is 4.98 Å². The van der Waals surface area contributed by atoms with Crippen molar-refractivity contribution in [2.45, 2.75) is 0 Å². The number of aromatic nitrogens is 1. The summed E-state index contributed by atoms with van der Waals surface area (Å²) in [5.74, 6) is 0.367. The van der Waals surface area contributed by atoms with E-state index in [-0.39, 0.29) is 0 Å². The smallest absolute Gasteiger partial charge is 0.148 e. The van der Waals surface area contributed by atoms with Crippen LogP contribution in [0, 0.1) is 22.7 Å². The predicted octanol–water partition coefficient (Wildman–Crippen LogP) is 2.91. The van der Waals surface area contributed by atoms with Crippen molar-refractivity contribution in [2.24, 2.45) is 0 Å². The van der Waals surface area contributed by atoms with Gasteiger partial charge in [0.15, 0.2) is 0 Å². The van der Waals surface area contributed by atoms with Crippen LogP contribution in [0.4, 0.5) is 17.2 Å². The molecule has 0 saturated heterocycles. The van der Waals surface area contributed by atoms with E-state index in [0.29, 0.717) is 28.3 Å². The molecular weight excluding hydrogens is 306 g/mol. The Kier molecular flexibility index (Phi) is 3.65. The van der Waals surface area contributed by atoms with Crippen molar-refractivity contribution >= 4 is 33.1 Å². The monoisotopic (exact) mass is 313 g/mol. The van der Waals surface area contributed by atoms with E-state index in [4.69, 9.17) is 16.3 Å². The zero-order chi connectivity index (χ0) is 13.8. The van der Waals surface area contributed by atoms with Crippen LogP contribution in [0.25, 0.3) is 0 Å². The summed E-state index contributed by atoms with van der Waals surface area (Å²) in [6.07, 6.45) is 1.45. The summed E-state index contributed by atoms with van der Waals surface area (Å²) in [7, 11) is 0. The van der Waals surface area contributed by atoms with Crippen LogP contribution >= 0.6 is 15.9 Å². The quantitative estimate of drug-likeness (QED) is 0.888. The fourth-order valence-corrected chi connectivity index (χ4v) is 1.87. The highest BCUT2D eigenvalue weighted by Gasteiger charge is 2.08. The lowest BCUT2D eigenvalue weighted by molar-refractivity contribution is 1.28. The molecule has 0 aliphatic carbocycles. The second-order valence-electron chi connectivity index (χ2n) is 3.70. The Morgan fingerprint density at radius 2 is 1.89 bits per heavy atom. The standard InChI is InChI=1S/C13H8BrN5/c14-10-2-1-8(5-15)12(4-10)19-13-9(6-16)3-11(17)7-18-13/h1-4,7H,17H2,(H,18,19). The van der Waals surface area contributed by atoms with Gasteiger partial charge in [-0.1, -0.05) is 15.9 Å². The lowest BCUT2D eigenvalue weighted by atomic mass is 10.2. The third-order valence-corrected chi connectivity index (χ3v) is 2.88. The van der Waals surface area contributed by atoms with Crippen LogP contribution in [0.3, 0.4) is 0 Å². The van der Waals surface area contributed by atoms with E-state index in [9.17, 15) is 0 Å². The number of nitriles is 2. The van der Waals surface area contributed by atoms with Crippen molar-refractivity contribution in [3.05, 3.63) is 46.1 Å². The number of hydrogen-bond donors (Lipinski definition) is 2. The topological polar surface area (TPSA) is 98.5 Å². The zero-order valence-electron chi connectivity index (χ0n) is 9.68. The largest absolute Gasteiger partial charge is 0.397 e. The molecule has 1 aromatic carbocycles. The lowest BCUT2D eigenvalue weighted by Crippen LogP contribution is -2.00. The first kappa shape index (κ1) is 12.9. The summed E-state index contributed by atoms with van der Waals surface area (Å²) >= 11 is 3.33. The first-order valence-corrected chi connectivity index (χ1v) is 6.05. The van der Waals surface area contributed by atoms with Gasteiger partial charge in [-0.3, -0.25) is 0 Å². The van der Waals surface area contributed by atoms with Crippen molar-refractivity contribution in [1.82, 2.24) is 4.98 Å². The number of nitrogen functional groups attached to an aromatic ring is 1. The number of anilines is 3. The second kappa shape index (κ2) is 5.38. The summed E-state index contributed by atoms with van der Waals surface area (Å²) in [5, 5.41) is 21.1. The van der Waals surface area contributed by atoms with Crippen molar-refractivity contribution in [3.63, 3.8) is 0 Å². The molecule has 3 N–H and O–H groups in total. The van der Waals surface area contributed by atoms with Crippen LogP contribution in [0.15, 0.2) is 34.9 Å². The summed E-state index contributed by atoms with van der Waals surface area (Å²) in [5.41, 5.74) is 7.35. The summed E-state index contributed by atoms with van der Waals surface area (Å²) in [4.78, 5) is 4.07. The fraction of sp³-hybridized carbons (Fsp3) is 0. The van der Waals surface area contributed by atoms with E-state index >= 15 is 0 Å². The molecule has 0 spiro atoms. The molecule has 0 aliphatic heterocycles. The van der Waals surface area contributed by atoms with Gasteiger partial charge in [0.2, 0.25) is 0 Å². The van der Waals surface area contributed by atoms with Crippen molar-refractivity contribution in [1.29, 1.82) is 10.5 Å². The average molecular weight is 314 g/mol. The molecule has 1 heterocycles. The third-order valence-electron chi connectivity index (χ3n) is 2.38. The molecule has 92 valence electrons. The average Bonchev–Trinajstić information content (AvgIpc) is 2.41. The number of benzene rings is 1. The predicted molar refractivity (Wildman–Crippen MR) is 75.5 cm³/mol. The van der Waals surface area contributed by atoms with Gasteiger partial charge < -0.3 is 11.1 Å². The van der Waals surface area contributed by atoms with E-state index < -0.39 is 0 Å². The van der Waals surface area contributed by atoms with Gasteiger partial charge in [0.25, 0.3) is 0 Å². The highest BCUT2D eigenvalue weighted by Crippen LogP contribution is 2.25. The van der Waals surface area contributed by atoms with Gasteiger partial charge in [-0.25, -0.2) is 4.98 Å². The highest BCUT2D eigenvalue weighted by atomic mass is 79.9. The SMILES string of the molecule is N#Cc1ccc(Br)cc1Nc1ncc(N)cc1C#N. The van der Waals surface area contributed by atoms with E-state index in [0.717, 1.165) is 4.47 Å². The van der Waals surface area contributed by atoms with Crippen molar-refractivity contribution < 1.29 is 0 Å². The van der Waals surface area contributed by atoms with Gasteiger partial charge >= 0.3 is 0 Å². The minimum Gasteiger partial charge on any atom is -0.397 e. The molecule has 6 heteroatoms. The Morgan fingerprint density at radius 1 is 1.16 bits per heavy atom. The third kappa shape index (κ3) is 2.82. The summed E-state index contributed by atoms with van der Waals surface area (Å²) in [6.45, 7) is 0. The maximum atomic E-state index is 9.05. The number of rotatable bonds is 2. The molecule has 19 heavy (non-hydrogen) atoms. The minimum atomic E-state index is 0.323. The van der Waals surface area contributed by atoms with Gasteiger partial charge in [0.05, 0.1) is 28.7 Å². The van der Waals surface area contributed by atoms with E-state index in [1.54, 1.807) is 18.2 Å². The molecule has 0 saturated carbocycles. The first-order valence-electron chi connectivity index (χ1n) is 5.26. The van der Waals surface area contributed by atoms with Crippen LogP contribution in [0.1, 0.15) is 11.1 Å². The van der Waals surface area contributed by atoms with Gasteiger partial charge in [0, 0.05) is 4.47 Å². The molecule has 2 aromatic rings. The number of pyridine rings is 1. The number of nitrogens with one attached hydrogen (secondary N) is 1. The lowest BCUT2D eigenvalue weighted by Gasteiger charge is -2.09. The maximum absolute atomic E-state index is 9.05. The van der Waals surface area contributed by atoms with Crippen molar-refractivity contribution in [3.8, 4) is 12.1 Å². The number of hydrogen-bond acceptors (Lipinski definition) is 5. The molecule has 0 fully saturated rings. The molecule has 2 rings (SSSR count). The van der Waals surface area contributed by atoms with Crippen LogP contribution < -0.4 is 11.1 Å². The number of nitrogens with two attached hydrogens (primary N) is 1. The maximum Gasteiger partial charge on any atom is 0.148 e. The Hall–Kier alpha value is -2.57. The van der Waals surface area contributed by atoms with Crippen LogP contribution in [-0.2, 0) is 0 Å². The first-order chi connectivity index (χ1) is 9.13. The Labute approximate surface area is 118 Å². The minimum absolute atomic E-state index is 0.323. The van der Waals surface area contributed by atoms with E-state index in [2.05, 4.69) is 32.3 Å². The summed E-state index contributed by atoms with van der Waals surface area (Å²) in [6, 6.07) is 10.8. The molecular formula is C13H8BrN5. The second-order valence-corrected chi connectivity index (χ2v) is 4.62. The summed E-state index contributed by atoms with van der Waals surface area (Å²) < 4.78 is 0.822. The number of nitrogens with zero attached hydrogens (tertiary/aromatic N) is 3. The van der Waals surface area contributed by atoms with E-state index in [1.165, 1.54) is 12.3 Å². The van der Waals surface area contributed by atoms with Crippen molar-refractivity contribution in [2.75, 3.05) is 11.1 Å². The molecule has 0 atom stereocenters. The van der Waals surface area contributed by atoms with Crippen LogP contribution in [0.2, 0.25) is 0 Å². The Morgan fingerprint density at radius 3 is 2.58 bits per heavy atom. The zero-order valence-corrected chi connectivity index (χ0v) is 11.3. The molecule has 0 aliphatic rings. The normalized spacial score (nSPS) is 9.42. The molecule has 0 unspecified atom stereocenters.